The first-order valence-corrected chi connectivity index (χ1v) is 9.26. The fourth-order valence-corrected chi connectivity index (χ4v) is 3.67. The number of Topliss-reactive ketones (excluding diaryl/α,β-unsaturated/α-hetero) is 1. The topological polar surface area (TPSA) is 101 Å². The summed E-state index contributed by atoms with van der Waals surface area (Å²) in [5, 5.41) is 16.1. The minimum Gasteiger partial charge on any atom is -0.571 e. The molecule has 2 saturated heterocycles. The predicted octanol–water partition coefficient (Wildman–Crippen LogP) is -0.730. The fraction of sp³-hybridized carbons (Fsp3) is 0.389. The fourth-order valence-electron chi connectivity index (χ4n) is 3.67. The van der Waals surface area contributed by atoms with Gasteiger partial charge in [-0.05, 0) is 12.1 Å². The van der Waals surface area contributed by atoms with Crippen molar-refractivity contribution in [3.8, 4) is 0 Å². The van der Waals surface area contributed by atoms with E-state index in [-0.39, 0.29) is 29.6 Å². The number of ketones is 2. The van der Waals surface area contributed by atoms with Gasteiger partial charge in [0.2, 0.25) is 17.3 Å². The summed E-state index contributed by atoms with van der Waals surface area (Å²) in [4.78, 5) is 35.9. The third kappa shape index (κ3) is 2.82. The Bertz CT molecular complexity index is 973. The quantitative estimate of drug-likeness (QED) is 0.388. The van der Waals surface area contributed by atoms with Crippen LogP contribution >= 0.6 is 0 Å². The number of aromatic nitrogens is 4. The lowest BCUT2D eigenvalue weighted by Crippen LogP contribution is -2.51. The van der Waals surface area contributed by atoms with Crippen molar-refractivity contribution in [2.45, 2.75) is 6.67 Å². The van der Waals surface area contributed by atoms with Crippen molar-refractivity contribution in [2.24, 2.45) is 0 Å². The zero-order chi connectivity index (χ0) is 19.3. The number of anilines is 1. The van der Waals surface area contributed by atoms with Gasteiger partial charge in [0.25, 0.3) is 0 Å². The van der Waals surface area contributed by atoms with Crippen LogP contribution in [0.15, 0.2) is 36.2 Å². The highest BCUT2D eigenvalue weighted by atomic mass is 16.5. The molecule has 0 unspecified atom stereocenters. The number of allylic oxidation sites excluding steroid dienone is 2. The Balaban J connectivity index is 1.32. The molecule has 4 heterocycles. The van der Waals surface area contributed by atoms with E-state index in [1.54, 1.807) is 11.1 Å². The number of carbonyl (C=O) groups is 2. The maximum atomic E-state index is 12.6. The maximum absolute atomic E-state index is 12.6. The normalized spacial score (nSPS) is 19.6. The van der Waals surface area contributed by atoms with Crippen LogP contribution < -0.4 is 9.86 Å². The minimum atomic E-state index is -0.351. The smallest absolute Gasteiger partial charge is 0.236 e. The molecule has 2 aromatic heterocycles. The number of nitrogens with zero attached hydrogens (tertiary/aromatic N) is 7. The molecule has 0 bridgehead atoms. The SMILES string of the molecule is O=C1C(N2CC2)=CC(=O)c2c1n[n+]([O-])n2CN1CCN(c2ccccn2)CC1. The van der Waals surface area contributed by atoms with Gasteiger partial charge in [-0.2, -0.15) is 0 Å². The Hall–Kier alpha value is -3.27. The van der Waals surface area contributed by atoms with Gasteiger partial charge in [-0.15, -0.1) is 0 Å². The molecule has 2 fully saturated rings. The highest BCUT2D eigenvalue weighted by Gasteiger charge is 2.40. The predicted molar refractivity (Wildman–Crippen MR) is 97.5 cm³/mol. The van der Waals surface area contributed by atoms with Crippen molar-refractivity contribution < 1.29 is 14.5 Å². The Morgan fingerprint density at radius 2 is 1.79 bits per heavy atom. The van der Waals surface area contributed by atoms with Crippen LogP contribution in [-0.2, 0) is 6.67 Å². The van der Waals surface area contributed by atoms with Crippen molar-refractivity contribution in [1.82, 2.24) is 24.6 Å². The van der Waals surface area contributed by atoms with Crippen molar-refractivity contribution >= 4 is 17.4 Å². The van der Waals surface area contributed by atoms with Gasteiger partial charge in [0.05, 0.1) is 5.70 Å². The number of rotatable bonds is 4. The van der Waals surface area contributed by atoms with Gasteiger partial charge in [0, 0.05) is 61.6 Å². The average Bonchev–Trinajstić information content (AvgIpc) is 3.50. The molecule has 0 spiro atoms. The number of pyridine rings is 1. The highest BCUT2D eigenvalue weighted by Crippen LogP contribution is 2.25. The van der Waals surface area contributed by atoms with E-state index in [4.69, 9.17) is 0 Å². The van der Waals surface area contributed by atoms with Gasteiger partial charge in [-0.3, -0.25) is 14.5 Å². The number of hydrogen-bond donors (Lipinski definition) is 0. The van der Waals surface area contributed by atoms with Crippen molar-refractivity contribution in [3.05, 3.63) is 52.8 Å². The van der Waals surface area contributed by atoms with Crippen molar-refractivity contribution in [1.29, 1.82) is 0 Å². The third-order valence-electron chi connectivity index (χ3n) is 5.29. The summed E-state index contributed by atoms with van der Waals surface area (Å²) in [7, 11) is 0. The van der Waals surface area contributed by atoms with E-state index in [9.17, 15) is 14.8 Å². The molecular weight excluding hydrogens is 362 g/mol. The maximum Gasteiger partial charge on any atom is 0.236 e. The molecule has 2 aliphatic heterocycles. The number of fused-ring (bicyclic) bond motifs is 1. The van der Waals surface area contributed by atoms with Gasteiger partial charge in [-0.1, -0.05) is 10.7 Å². The number of piperazine rings is 1. The van der Waals surface area contributed by atoms with Gasteiger partial charge in [0.1, 0.15) is 12.5 Å². The largest absolute Gasteiger partial charge is 0.571 e. The van der Waals surface area contributed by atoms with E-state index in [1.807, 2.05) is 18.2 Å². The zero-order valence-corrected chi connectivity index (χ0v) is 15.2. The third-order valence-corrected chi connectivity index (χ3v) is 5.29. The van der Waals surface area contributed by atoms with E-state index in [1.165, 1.54) is 10.8 Å². The Labute approximate surface area is 160 Å². The second kappa shape index (κ2) is 6.41. The summed E-state index contributed by atoms with van der Waals surface area (Å²) >= 11 is 0. The second-order valence-electron chi connectivity index (χ2n) is 7.09. The Morgan fingerprint density at radius 3 is 2.46 bits per heavy atom. The molecule has 0 aromatic carbocycles. The number of carbonyl (C=O) groups excluding carboxylic acids is 2. The van der Waals surface area contributed by atoms with E-state index < -0.39 is 0 Å². The van der Waals surface area contributed by atoms with Gasteiger partial charge >= 0.3 is 0 Å². The summed E-state index contributed by atoms with van der Waals surface area (Å²) in [5.74, 6) is 0.232. The van der Waals surface area contributed by atoms with Crippen LogP contribution in [-0.4, -0.2) is 75.4 Å². The van der Waals surface area contributed by atoms with Crippen molar-refractivity contribution in [3.63, 3.8) is 0 Å². The summed E-state index contributed by atoms with van der Waals surface area (Å²) in [6.45, 7) is 4.66. The van der Waals surface area contributed by atoms with Crippen LogP contribution in [0.2, 0.25) is 0 Å². The highest BCUT2D eigenvalue weighted by molar-refractivity contribution is 6.22. The van der Waals surface area contributed by atoms with Gasteiger partial charge in [-0.25, -0.2) is 4.98 Å². The molecule has 3 aliphatic rings. The Morgan fingerprint density at radius 1 is 1.04 bits per heavy atom. The first-order valence-electron chi connectivity index (χ1n) is 9.26. The average molecular weight is 381 g/mol. The van der Waals surface area contributed by atoms with Crippen LogP contribution in [0.5, 0.6) is 0 Å². The first-order chi connectivity index (χ1) is 13.6. The monoisotopic (exact) mass is 381 g/mol. The van der Waals surface area contributed by atoms with Crippen LogP contribution in [0.1, 0.15) is 21.0 Å². The molecule has 5 rings (SSSR count). The van der Waals surface area contributed by atoms with Crippen LogP contribution in [0, 0.1) is 5.21 Å². The molecule has 2 aromatic rings. The van der Waals surface area contributed by atoms with Crippen LogP contribution in [0.4, 0.5) is 5.82 Å². The molecule has 0 N–H and O–H groups in total. The van der Waals surface area contributed by atoms with E-state index in [0.717, 1.165) is 32.0 Å². The Kier molecular flexibility index (Phi) is 3.86. The zero-order valence-electron chi connectivity index (χ0n) is 15.2. The first kappa shape index (κ1) is 16.9. The lowest BCUT2D eigenvalue weighted by Gasteiger charge is -2.34. The lowest BCUT2D eigenvalue weighted by molar-refractivity contribution is -0.751. The molecule has 1 aliphatic carbocycles. The van der Waals surface area contributed by atoms with Gasteiger partial charge in [0.15, 0.2) is 5.69 Å². The summed E-state index contributed by atoms with van der Waals surface area (Å²) in [6.07, 6.45) is 3.09. The molecule has 0 atom stereocenters. The van der Waals surface area contributed by atoms with E-state index in [2.05, 4.69) is 19.9 Å². The molecule has 0 amide bonds. The molecule has 10 nitrogen and oxygen atoms in total. The standard InChI is InChI=1S/C18H19N7O3/c26-14-11-13(22-9-10-22)18(27)16-17(14)24(25(28)20-16)12-21-5-7-23(8-6-21)15-3-1-2-4-19-15/h1-4,11H,5-10,12H2. The second-order valence-corrected chi connectivity index (χ2v) is 7.09. The molecule has 28 heavy (non-hydrogen) atoms. The summed E-state index contributed by atoms with van der Waals surface area (Å²) < 4.78 is 1.25. The molecule has 144 valence electrons. The molecular formula is C18H19N7O3. The van der Waals surface area contributed by atoms with E-state index in [0.29, 0.717) is 23.7 Å². The van der Waals surface area contributed by atoms with Crippen LogP contribution in [0.25, 0.3) is 0 Å². The molecule has 0 radical (unpaired) electrons. The molecule has 0 saturated carbocycles. The molecule has 10 heteroatoms. The van der Waals surface area contributed by atoms with Gasteiger partial charge < -0.3 is 15.0 Å². The minimum absolute atomic E-state index is 0.0449. The van der Waals surface area contributed by atoms with E-state index >= 15 is 0 Å². The summed E-state index contributed by atoms with van der Waals surface area (Å²) in [6, 6.07) is 5.81. The number of hydrogen-bond acceptors (Lipinski definition) is 8. The van der Waals surface area contributed by atoms with Crippen molar-refractivity contribution in [2.75, 3.05) is 44.2 Å². The summed E-state index contributed by atoms with van der Waals surface area (Å²) in [5.41, 5.74) is 0.376. The van der Waals surface area contributed by atoms with Crippen LogP contribution in [0.3, 0.4) is 0 Å². The lowest BCUT2D eigenvalue weighted by atomic mass is 10.0.